The van der Waals surface area contributed by atoms with Gasteiger partial charge in [0.05, 0.1) is 16.7 Å². The molecule has 2 heterocycles. The molecule has 6 nitrogen and oxygen atoms in total. The molecule has 0 saturated heterocycles. The van der Waals surface area contributed by atoms with E-state index in [1.165, 1.54) is 11.8 Å². The third kappa shape index (κ3) is 2.89. The van der Waals surface area contributed by atoms with Crippen LogP contribution < -0.4 is 5.56 Å². The van der Waals surface area contributed by atoms with Crippen LogP contribution in [-0.4, -0.2) is 19.7 Å². The third-order valence-electron chi connectivity index (χ3n) is 3.17. The Morgan fingerprint density at radius 2 is 2.09 bits per heavy atom. The topological polar surface area (TPSA) is 73.8 Å². The highest BCUT2D eigenvalue weighted by atomic mass is 32.2. The van der Waals surface area contributed by atoms with Gasteiger partial charge in [-0.05, 0) is 25.5 Å². The van der Waals surface area contributed by atoms with E-state index in [2.05, 4.69) is 15.1 Å². The molecule has 0 aliphatic heterocycles. The maximum absolute atomic E-state index is 12.6. The van der Waals surface area contributed by atoms with Gasteiger partial charge in [0.1, 0.15) is 0 Å². The molecule has 3 rings (SSSR count). The number of aryl methyl sites for hydroxylation is 1. The lowest BCUT2D eigenvalue weighted by Crippen LogP contribution is -2.23. The van der Waals surface area contributed by atoms with Crippen molar-refractivity contribution in [1.29, 1.82) is 0 Å². The first-order valence-electron chi connectivity index (χ1n) is 7.10. The van der Waals surface area contributed by atoms with Gasteiger partial charge in [-0.15, -0.1) is 0 Å². The van der Waals surface area contributed by atoms with Gasteiger partial charge < -0.3 is 4.52 Å². The summed E-state index contributed by atoms with van der Waals surface area (Å²) in [6.45, 7) is 4.46. The minimum atomic E-state index is -0.00309. The monoisotopic (exact) mass is 316 g/mol. The van der Waals surface area contributed by atoms with Gasteiger partial charge in [-0.1, -0.05) is 36.0 Å². The number of fused-ring (bicyclic) bond motifs is 1. The zero-order chi connectivity index (χ0) is 15.5. The fourth-order valence-corrected chi connectivity index (χ4v) is 3.07. The van der Waals surface area contributed by atoms with E-state index in [1.807, 2.05) is 31.2 Å². The molecule has 7 heteroatoms. The van der Waals surface area contributed by atoms with Gasteiger partial charge in [0.2, 0.25) is 5.89 Å². The Balaban J connectivity index is 1.99. The summed E-state index contributed by atoms with van der Waals surface area (Å²) in [5.74, 6) is 1.64. The molecular formula is C15H16N4O2S. The summed E-state index contributed by atoms with van der Waals surface area (Å²) in [6.07, 6.45) is 0.868. The van der Waals surface area contributed by atoms with Crippen LogP contribution in [0.1, 0.15) is 25.1 Å². The number of para-hydroxylation sites is 1. The van der Waals surface area contributed by atoms with Crippen molar-refractivity contribution in [2.75, 3.05) is 0 Å². The summed E-state index contributed by atoms with van der Waals surface area (Å²) in [5.41, 5.74) is 0.709. The summed E-state index contributed by atoms with van der Waals surface area (Å²) in [6, 6.07) is 7.41. The normalized spacial score (nSPS) is 11.2. The molecule has 114 valence electrons. The number of benzene rings is 1. The molecule has 0 N–H and O–H groups in total. The molecular weight excluding hydrogens is 300 g/mol. The standard InChI is InChI=1S/C15H16N4O2S/c1-3-8-19-14(20)11-6-4-5-7-12(11)17-15(19)22-9-13-16-10(2)18-21-13/h4-7H,3,8-9H2,1-2H3. The number of aromatic nitrogens is 4. The number of hydrogen-bond donors (Lipinski definition) is 0. The highest BCUT2D eigenvalue weighted by Crippen LogP contribution is 2.21. The number of thioether (sulfide) groups is 1. The molecule has 1 aromatic carbocycles. The van der Waals surface area contributed by atoms with Gasteiger partial charge in [-0.2, -0.15) is 4.98 Å². The van der Waals surface area contributed by atoms with E-state index in [-0.39, 0.29) is 5.56 Å². The number of nitrogens with zero attached hydrogens (tertiary/aromatic N) is 4. The minimum absolute atomic E-state index is 0.00309. The molecule has 22 heavy (non-hydrogen) atoms. The van der Waals surface area contributed by atoms with Gasteiger partial charge in [-0.3, -0.25) is 9.36 Å². The summed E-state index contributed by atoms with van der Waals surface area (Å²) >= 11 is 1.44. The summed E-state index contributed by atoms with van der Waals surface area (Å²) in [7, 11) is 0. The summed E-state index contributed by atoms with van der Waals surface area (Å²) in [5, 5.41) is 5.10. The largest absolute Gasteiger partial charge is 0.338 e. The molecule has 0 radical (unpaired) electrons. The van der Waals surface area contributed by atoms with Crippen molar-refractivity contribution in [3.05, 3.63) is 46.3 Å². The first kappa shape index (κ1) is 14.8. The van der Waals surface area contributed by atoms with Crippen molar-refractivity contribution in [2.45, 2.75) is 37.7 Å². The third-order valence-corrected chi connectivity index (χ3v) is 4.13. The zero-order valence-corrected chi connectivity index (χ0v) is 13.3. The predicted molar refractivity (Wildman–Crippen MR) is 84.9 cm³/mol. The van der Waals surface area contributed by atoms with Gasteiger partial charge in [-0.25, -0.2) is 4.98 Å². The molecule has 0 unspecified atom stereocenters. The first-order valence-corrected chi connectivity index (χ1v) is 8.09. The highest BCUT2D eigenvalue weighted by molar-refractivity contribution is 7.98. The molecule has 0 fully saturated rings. The van der Waals surface area contributed by atoms with Crippen LogP contribution in [-0.2, 0) is 12.3 Å². The molecule has 3 aromatic rings. The highest BCUT2D eigenvalue weighted by Gasteiger charge is 2.12. The van der Waals surface area contributed by atoms with Crippen molar-refractivity contribution >= 4 is 22.7 Å². The Labute approximate surface area is 131 Å². The maximum Gasteiger partial charge on any atom is 0.262 e. The molecule has 0 aliphatic carbocycles. The van der Waals surface area contributed by atoms with Crippen LogP contribution in [0, 0.1) is 6.92 Å². The van der Waals surface area contributed by atoms with Crippen LogP contribution in [0.4, 0.5) is 0 Å². The van der Waals surface area contributed by atoms with Crippen LogP contribution in [0.5, 0.6) is 0 Å². The van der Waals surface area contributed by atoms with Gasteiger partial charge in [0.25, 0.3) is 5.56 Å². The first-order chi connectivity index (χ1) is 10.7. The fourth-order valence-electron chi connectivity index (χ4n) is 2.20. The van der Waals surface area contributed by atoms with E-state index >= 15 is 0 Å². The van der Waals surface area contributed by atoms with Crippen LogP contribution in [0.25, 0.3) is 10.9 Å². The second-order valence-electron chi connectivity index (χ2n) is 4.89. The van der Waals surface area contributed by atoms with Crippen LogP contribution in [0.2, 0.25) is 0 Å². The van der Waals surface area contributed by atoms with Gasteiger partial charge in [0.15, 0.2) is 11.0 Å². The zero-order valence-electron chi connectivity index (χ0n) is 12.4. The molecule has 2 aromatic heterocycles. The average Bonchev–Trinajstić information content (AvgIpc) is 2.94. The fraction of sp³-hybridized carbons (Fsp3) is 0.333. The van der Waals surface area contributed by atoms with Crippen molar-refractivity contribution in [2.24, 2.45) is 0 Å². The van der Waals surface area contributed by atoms with E-state index in [0.717, 1.165) is 6.42 Å². The number of rotatable bonds is 5. The lowest BCUT2D eigenvalue weighted by Gasteiger charge is -2.11. The molecule has 0 bridgehead atoms. The van der Waals surface area contributed by atoms with Crippen LogP contribution >= 0.6 is 11.8 Å². The lowest BCUT2D eigenvalue weighted by molar-refractivity contribution is 0.387. The summed E-state index contributed by atoms with van der Waals surface area (Å²) in [4.78, 5) is 21.4. The maximum atomic E-state index is 12.6. The molecule has 0 saturated carbocycles. The molecule has 0 aliphatic rings. The van der Waals surface area contributed by atoms with E-state index in [0.29, 0.717) is 40.1 Å². The molecule has 0 amide bonds. The van der Waals surface area contributed by atoms with Crippen molar-refractivity contribution in [3.8, 4) is 0 Å². The van der Waals surface area contributed by atoms with Crippen LogP contribution in [0.15, 0.2) is 38.7 Å². The Bertz CT molecular complexity index is 856. The van der Waals surface area contributed by atoms with Crippen molar-refractivity contribution in [3.63, 3.8) is 0 Å². The molecule has 0 spiro atoms. The van der Waals surface area contributed by atoms with Crippen LogP contribution in [0.3, 0.4) is 0 Å². The average molecular weight is 316 g/mol. The second kappa shape index (κ2) is 6.31. The Morgan fingerprint density at radius 3 is 2.82 bits per heavy atom. The van der Waals surface area contributed by atoms with E-state index in [4.69, 9.17) is 4.52 Å². The van der Waals surface area contributed by atoms with E-state index < -0.39 is 0 Å². The van der Waals surface area contributed by atoms with E-state index in [9.17, 15) is 4.79 Å². The van der Waals surface area contributed by atoms with Crippen molar-refractivity contribution in [1.82, 2.24) is 19.7 Å². The van der Waals surface area contributed by atoms with E-state index in [1.54, 1.807) is 11.5 Å². The molecule has 0 atom stereocenters. The van der Waals surface area contributed by atoms with Crippen molar-refractivity contribution < 1.29 is 4.52 Å². The Morgan fingerprint density at radius 1 is 1.27 bits per heavy atom. The van der Waals surface area contributed by atoms with Gasteiger partial charge in [0, 0.05) is 6.54 Å². The second-order valence-corrected chi connectivity index (χ2v) is 5.83. The predicted octanol–water partition coefficient (Wildman–Crippen LogP) is 2.79. The smallest absolute Gasteiger partial charge is 0.262 e. The lowest BCUT2D eigenvalue weighted by atomic mass is 10.2. The summed E-state index contributed by atoms with van der Waals surface area (Å²) < 4.78 is 6.82. The SMILES string of the molecule is CCCn1c(SCc2nc(C)no2)nc2ccccc2c1=O. The number of hydrogen-bond acceptors (Lipinski definition) is 6. The minimum Gasteiger partial charge on any atom is -0.338 e. The Hall–Kier alpha value is -2.15. The van der Waals surface area contributed by atoms with Gasteiger partial charge >= 0.3 is 0 Å². The Kier molecular flexibility index (Phi) is 4.24. The quantitative estimate of drug-likeness (QED) is 0.532.